The van der Waals surface area contributed by atoms with Crippen molar-refractivity contribution in [3.05, 3.63) is 36.0 Å². The van der Waals surface area contributed by atoms with Crippen LogP contribution in [0, 0.1) is 0 Å². The zero-order valence-corrected chi connectivity index (χ0v) is 12.0. The summed E-state index contributed by atoms with van der Waals surface area (Å²) in [7, 11) is 0. The number of fused-ring (bicyclic) bond motifs is 1. The first-order valence-corrected chi connectivity index (χ1v) is 7.30. The Balaban J connectivity index is 2.00. The highest BCUT2D eigenvalue weighted by atomic mass is 16.3. The number of anilines is 1. The van der Waals surface area contributed by atoms with E-state index in [1.54, 1.807) is 4.90 Å². The number of amides is 1. The van der Waals surface area contributed by atoms with Crippen molar-refractivity contribution in [3.8, 4) is 0 Å². The number of pyridine rings is 1. The van der Waals surface area contributed by atoms with E-state index in [9.17, 15) is 9.90 Å². The first kappa shape index (κ1) is 13.8. The number of aromatic nitrogens is 1. The normalized spacial score (nSPS) is 18.2. The lowest BCUT2D eigenvalue weighted by molar-refractivity contribution is 0.0759. The molecule has 5 nitrogen and oxygen atoms in total. The third-order valence-electron chi connectivity index (χ3n) is 3.75. The van der Waals surface area contributed by atoms with Crippen LogP contribution in [0.1, 0.15) is 23.8 Å². The summed E-state index contributed by atoms with van der Waals surface area (Å²) in [6, 6.07) is 9.71. The van der Waals surface area contributed by atoms with Gasteiger partial charge in [0.1, 0.15) is 11.5 Å². The summed E-state index contributed by atoms with van der Waals surface area (Å²) >= 11 is 0. The van der Waals surface area contributed by atoms with Crippen LogP contribution in [0.25, 0.3) is 10.8 Å². The van der Waals surface area contributed by atoms with Crippen LogP contribution in [0.4, 0.5) is 5.82 Å². The van der Waals surface area contributed by atoms with Gasteiger partial charge in [0.2, 0.25) is 0 Å². The summed E-state index contributed by atoms with van der Waals surface area (Å²) in [5.74, 6) is 0.621. The van der Waals surface area contributed by atoms with Crippen molar-refractivity contribution in [1.82, 2.24) is 9.88 Å². The van der Waals surface area contributed by atoms with E-state index in [4.69, 9.17) is 0 Å². The molecule has 1 saturated heterocycles. The van der Waals surface area contributed by atoms with Crippen LogP contribution >= 0.6 is 0 Å². The maximum absolute atomic E-state index is 12.5. The van der Waals surface area contributed by atoms with E-state index in [0.29, 0.717) is 25.2 Å². The van der Waals surface area contributed by atoms with E-state index in [0.717, 1.165) is 23.1 Å². The summed E-state index contributed by atoms with van der Waals surface area (Å²) < 4.78 is 0. The van der Waals surface area contributed by atoms with Crippen LogP contribution in [0.3, 0.4) is 0 Å². The molecule has 2 heterocycles. The molecule has 21 heavy (non-hydrogen) atoms. The SMILES string of the molecule is CCNc1nc(C(=O)N2CCC(O)C2)cc2ccccc12. The Morgan fingerprint density at radius 1 is 1.48 bits per heavy atom. The van der Waals surface area contributed by atoms with Crippen LogP contribution < -0.4 is 5.32 Å². The summed E-state index contributed by atoms with van der Waals surface area (Å²) in [6.07, 6.45) is 0.224. The minimum Gasteiger partial charge on any atom is -0.391 e. The number of likely N-dealkylation sites (tertiary alicyclic amines) is 1. The average molecular weight is 285 g/mol. The van der Waals surface area contributed by atoms with Gasteiger partial charge in [0.25, 0.3) is 5.91 Å². The summed E-state index contributed by atoms with van der Waals surface area (Å²) in [5, 5.41) is 14.8. The van der Waals surface area contributed by atoms with E-state index in [2.05, 4.69) is 10.3 Å². The predicted molar refractivity (Wildman–Crippen MR) is 82.4 cm³/mol. The van der Waals surface area contributed by atoms with Gasteiger partial charge in [-0.15, -0.1) is 0 Å². The zero-order valence-electron chi connectivity index (χ0n) is 12.0. The number of aliphatic hydroxyl groups is 1. The third kappa shape index (κ3) is 2.69. The highest BCUT2D eigenvalue weighted by Gasteiger charge is 2.26. The van der Waals surface area contributed by atoms with E-state index >= 15 is 0 Å². The highest BCUT2D eigenvalue weighted by molar-refractivity contribution is 6.00. The number of benzene rings is 1. The molecule has 1 aliphatic heterocycles. The molecular weight excluding hydrogens is 266 g/mol. The molecule has 2 N–H and O–H groups in total. The molecule has 1 fully saturated rings. The van der Waals surface area contributed by atoms with Crippen LogP contribution in [0.15, 0.2) is 30.3 Å². The quantitative estimate of drug-likeness (QED) is 0.903. The number of β-amino-alcohol motifs (C(OH)–C–C–N with tert-alkyl or cyclic N) is 1. The van der Waals surface area contributed by atoms with Crippen molar-refractivity contribution < 1.29 is 9.90 Å². The number of nitrogens with zero attached hydrogens (tertiary/aromatic N) is 2. The van der Waals surface area contributed by atoms with Crippen molar-refractivity contribution in [3.63, 3.8) is 0 Å². The lowest BCUT2D eigenvalue weighted by atomic mass is 10.1. The fraction of sp³-hybridized carbons (Fsp3) is 0.375. The molecule has 110 valence electrons. The first-order chi connectivity index (χ1) is 10.2. The lowest BCUT2D eigenvalue weighted by Crippen LogP contribution is -2.30. The highest BCUT2D eigenvalue weighted by Crippen LogP contribution is 2.23. The Kier molecular flexibility index (Phi) is 3.75. The second-order valence-electron chi connectivity index (χ2n) is 5.30. The monoisotopic (exact) mass is 285 g/mol. The standard InChI is InChI=1S/C16H19N3O2/c1-2-17-15-13-6-4-3-5-11(13)9-14(18-15)16(21)19-8-7-12(20)10-19/h3-6,9,12,20H,2,7-8,10H2,1H3,(H,17,18). The topological polar surface area (TPSA) is 65.5 Å². The third-order valence-corrected chi connectivity index (χ3v) is 3.75. The molecule has 1 unspecified atom stereocenters. The van der Waals surface area contributed by atoms with Crippen LogP contribution in [-0.2, 0) is 0 Å². The maximum atomic E-state index is 12.5. The Morgan fingerprint density at radius 2 is 2.29 bits per heavy atom. The van der Waals surface area contributed by atoms with Crippen LogP contribution in [-0.4, -0.2) is 46.6 Å². The number of nitrogens with one attached hydrogen (secondary N) is 1. The first-order valence-electron chi connectivity index (χ1n) is 7.30. The molecular formula is C16H19N3O2. The lowest BCUT2D eigenvalue weighted by Gasteiger charge is -2.16. The molecule has 1 atom stereocenters. The Hall–Kier alpha value is -2.14. The van der Waals surface area contributed by atoms with Gasteiger partial charge in [-0.05, 0) is 24.8 Å². The van der Waals surface area contributed by atoms with Crippen molar-refractivity contribution >= 4 is 22.5 Å². The molecule has 5 heteroatoms. The number of hydrogen-bond donors (Lipinski definition) is 2. The van der Waals surface area contributed by atoms with E-state index < -0.39 is 6.10 Å². The van der Waals surface area contributed by atoms with Gasteiger partial charge in [-0.1, -0.05) is 24.3 Å². The average Bonchev–Trinajstić information content (AvgIpc) is 2.93. The van der Waals surface area contributed by atoms with Gasteiger partial charge in [0, 0.05) is 25.0 Å². The molecule has 0 radical (unpaired) electrons. The van der Waals surface area contributed by atoms with Gasteiger partial charge >= 0.3 is 0 Å². The van der Waals surface area contributed by atoms with Crippen molar-refractivity contribution in [2.75, 3.05) is 25.0 Å². The number of hydrogen-bond acceptors (Lipinski definition) is 4. The molecule has 0 saturated carbocycles. The van der Waals surface area contributed by atoms with Gasteiger partial charge in [0.15, 0.2) is 0 Å². The Bertz CT molecular complexity index is 672. The molecule has 1 aromatic heterocycles. The maximum Gasteiger partial charge on any atom is 0.272 e. The predicted octanol–water partition coefficient (Wildman–Crippen LogP) is 1.87. The fourth-order valence-corrected chi connectivity index (χ4v) is 2.70. The van der Waals surface area contributed by atoms with Gasteiger partial charge in [-0.25, -0.2) is 4.98 Å². The minimum absolute atomic E-state index is 0.114. The van der Waals surface area contributed by atoms with Crippen LogP contribution in [0.2, 0.25) is 0 Å². The largest absolute Gasteiger partial charge is 0.391 e. The van der Waals surface area contributed by atoms with Crippen LogP contribution in [0.5, 0.6) is 0 Å². The molecule has 3 rings (SSSR count). The Morgan fingerprint density at radius 3 is 3.00 bits per heavy atom. The van der Waals surface area contributed by atoms with E-state index in [1.165, 1.54) is 0 Å². The molecule has 0 spiro atoms. The van der Waals surface area contributed by atoms with Crippen molar-refractivity contribution in [2.24, 2.45) is 0 Å². The Labute approximate surface area is 123 Å². The zero-order chi connectivity index (χ0) is 14.8. The van der Waals surface area contributed by atoms with Gasteiger partial charge < -0.3 is 15.3 Å². The van der Waals surface area contributed by atoms with Gasteiger partial charge in [-0.3, -0.25) is 4.79 Å². The minimum atomic E-state index is -0.414. The molecule has 1 aromatic carbocycles. The number of carbonyl (C=O) groups excluding carboxylic acids is 1. The molecule has 2 aromatic rings. The molecule has 1 aliphatic rings. The summed E-state index contributed by atoms with van der Waals surface area (Å²) in [6.45, 7) is 3.73. The van der Waals surface area contributed by atoms with Crippen molar-refractivity contribution in [1.29, 1.82) is 0 Å². The smallest absolute Gasteiger partial charge is 0.272 e. The molecule has 0 aliphatic carbocycles. The van der Waals surface area contributed by atoms with Crippen molar-refractivity contribution in [2.45, 2.75) is 19.4 Å². The van der Waals surface area contributed by atoms with E-state index in [-0.39, 0.29) is 5.91 Å². The molecule has 0 bridgehead atoms. The fourth-order valence-electron chi connectivity index (χ4n) is 2.70. The second-order valence-corrected chi connectivity index (χ2v) is 5.30. The number of rotatable bonds is 3. The van der Waals surface area contributed by atoms with Gasteiger partial charge in [-0.2, -0.15) is 0 Å². The number of carbonyl (C=O) groups is 1. The van der Waals surface area contributed by atoms with E-state index in [1.807, 2.05) is 37.3 Å². The summed E-state index contributed by atoms with van der Waals surface area (Å²) in [4.78, 5) is 18.7. The summed E-state index contributed by atoms with van der Waals surface area (Å²) in [5.41, 5.74) is 0.429. The van der Waals surface area contributed by atoms with Gasteiger partial charge in [0.05, 0.1) is 6.10 Å². The second kappa shape index (κ2) is 5.69. The molecule has 1 amide bonds. The number of aliphatic hydroxyl groups excluding tert-OH is 1.